The van der Waals surface area contributed by atoms with Gasteiger partial charge in [-0.25, -0.2) is 4.79 Å². The van der Waals surface area contributed by atoms with Crippen molar-refractivity contribution in [1.29, 1.82) is 0 Å². The highest BCUT2D eigenvalue weighted by Crippen LogP contribution is 2.30. The zero-order chi connectivity index (χ0) is 10.8. The monoisotopic (exact) mass is 206 g/mol. The smallest absolute Gasteiger partial charge is 0.339 e. The molecule has 0 amide bonds. The summed E-state index contributed by atoms with van der Waals surface area (Å²) in [5.41, 5.74) is 2.11. The van der Waals surface area contributed by atoms with E-state index in [0.717, 1.165) is 12.0 Å². The van der Waals surface area contributed by atoms with E-state index < -0.39 is 6.10 Å². The van der Waals surface area contributed by atoms with Gasteiger partial charge in [0.25, 0.3) is 0 Å². The average molecular weight is 206 g/mol. The molecule has 0 spiro atoms. The van der Waals surface area contributed by atoms with Crippen LogP contribution in [0.4, 0.5) is 0 Å². The fourth-order valence-electron chi connectivity index (χ4n) is 1.93. The maximum Gasteiger partial charge on any atom is 0.339 e. The second-order valence-corrected chi connectivity index (χ2v) is 3.75. The first-order valence-corrected chi connectivity index (χ1v) is 5.03. The lowest BCUT2D eigenvalue weighted by molar-refractivity contribution is -0.159. The molecule has 0 bridgehead atoms. The fraction of sp³-hybridized carbons (Fsp3) is 0.417. The molecule has 3 nitrogen and oxygen atoms in total. The number of benzene rings is 1. The molecule has 0 saturated carbocycles. The largest absolute Gasteiger partial charge is 0.467 e. The Kier molecular flexibility index (Phi) is 2.73. The first-order valence-electron chi connectivity index (χ1n) is 5.03. The second kappa shape index (κ2) is 4.03. The van der Waals surface area contributed by atoms with E-state index in [-0.39, 0.29) is 12.1 Å². The van der Waals surface area contributed by atoms with Crippen LogP contribution in [0.3, 0.4) is 0 Å². The van der Waals surface area contributed by atoms with Crippen LogP contribution in [0.25, 0.3) is 0 Å². The summed E-state index contributed by atoms with van der Waals surface area (Å²) < 4.78 is 10.3. The van der Waals surface area contributed by atoms with Crippen LogP contribution >= 0.6 is 0 Å². The summed E-state index contributed by atoms with van der Waals surface area (Å²) >= 11 is 0. The van der Waals surface area contributed by atoms with Gasteiger partial charge in [-0.3, -0.25) is 0 Å². The van der Waals surface area contributed by atoms with Crippen LogP contribution in [0, 0.1) is 0 Å². The first-order chi connectivity index (χ1) is 7.22. The van der Waals surface area contributed by atoms with Crippen molar-refractivity contribution in [3.8, 4) is 0 Å². The Morgan fingerprint density at radius 1 is 1.47 bits per heavy atom. The van der Waals surface area contributed by atoms with Crippen molar-refractivity contribution < 1.29 is 14.3 Å². The molecule has 2 rings (SSSR count). The maximum absolute atomic E-state index is 11.5. The lowest BCUT2D eigenvalue weighted by atomic mass is 9.95. The molecule has 0 aliphatic carbocycles. The number of carbonyl (C=O) groups excluding carboxylic acids is 1. The van der Waals surface area contributed by atoms with Gasteiger partial charge in [0.05, 0.1) is 13.2 Å². The molecule has 1 aliphatic heterocycles. The van der Waals surface area contributed by atoms with Crippen molar-refractivity contribution in [2.75, 3.05) is 7.11 Å². The topological polar surface area (TPSA) is 35.5 Å². The summed E-state index contributed by atoms with van der Waals surface area (Å²) in [6, 6.07) is 7.84. The number of methoxy groups -OCH3 is 1. The van der Waals surface area contributed by atoms with Gasteiger partial charge in [-0.1, -0.05) is 24.3 Å². The molecule has 15 heavy (non-hydrogen) atoms. The first kappa shape index (κ1) is 10.2. The van der Waals surface area contributed by atoms with E-state index in [1.54, 1.807) is 0 Å². The van der Waals surface area contributed by atoms with Crippen LogP contribution in [-0.4, -0.2) is 19.2 Å². The van der Waals surface area contributed by atoms with Gasteiger partial charge in [0.1, 0.15) is 0 Å². The summed E-state index contributed by atoms with van der Waals surface area (Å²) in [5, 5.41) is 0. The summed E-state index contributed by atoms with van der Waals surface area (Å²) in [5.74, 6) is -0.325. The Balaban J connectivity index is 2.38. The number of esters is 1. The normalized spacial score (nSPS) is 24.4. The highest BCUT2D eigenvalue weighted by Gasteiger charge is 2.30. The van der Waals surface area contributed by atoms with Crippen molar-refractivity contribution in [2.24, 2.45) is 0 Å². The lowest BCUT2D eigenvalue weighted by Crippen LogP contribution is -2.29. The van der Waals surface area contributed by atoms with Crippen LogP contribution in [0.15, 0.2) is 24.3 Å². The Hall–Kier alpha value is -1.35. The van der Waals surface area contributed by atoms with Crippen LogP contribution in [0.1, 0.15) is 24.2 Å². The fourth-order valence-corrected chi connectivity index (χ4v) is 1.93. The molecule has 0 N–H and O–H groups in total. The average Bonchev–Trinajstić information content (AvgIpc) is 2.26. The molecule has 1 heterocycles. The van der Waals surface area contributed by atoms with Crippen molar-refractivity contribution in [3.05, 3.63) is 35.4 Å². The molecule has 2 atom stereocenters. The third-order valence-electron chi connectivity index (χ3n) is 2.63. The zero-order valence-corrected chi connectivity index (χ0v) is 8.90. The quantitative estimate of drug-likeness (QED) is 0.658. The molecule has 1 aromatic rings. The molecule has 0 unspecified atom stereocenters. The second-order valence-electron chi connectivity index (χ2n) is 3.75. The van der Waals surface area contributed by atoms with Gasteiger partial charge in [-0.15, -0.1) is 0 Å². The number of hydrogen-bond acceptors (Lipinski definition) is 3. The van der Waals surface area contributed by atoms with Crippen molar-refractivity contribution in [2.45, 2.75) is 25.6 Å². The van der Waals surface area contributed by atoms with Gasteiger partial charge in [-0.05, 0) is 24.5 Å². The molecular weight excluding hydrogens is 192 g/mol. The minimum absolute atomic E-state index is 0.0593. The van der Waals surface area contributed by atoms with Crippen molar-refractivity contribution >= 4 is 5.97 Å². The molecule has 0 fully saturated rings. The minimum Gasteiger partial charge on any atom is -0.467 e. The predicted octanol–water partition coefficient (Wildman–Crippen LogP) is 1.86. The summed E-state index contributed by atoms with van der Waals surface area (Å²) in [6.45, 7) is 1.96. The Morgan fingerprint density at radius 3 is 2.93 bits per heavy atom. The van der Waals surface area contributed by atoms with E-state index in [4.69, 9.17) is 9.47 Å². The van der Waals surface area contributed by atoms with Gasteiger partial charge in [0.15, 0.2) is 6.10 Å². The van der Waals surface area contributed by atoms with Crippen LogP contribution in [0.2, 0.25) is 0 Å². The van der Waals surface area contributed by atoms with Gasteiger partial charge in [0, 0.05) is 0 Å². The highest BCUT2D eigenvalue weighted by molar-refractivity contribution is 5.77. The maximum atomic E-state index is 11.5. The molecule has 3 heteroatoms. The van der Waals surface area contributed by atoms with E-state index in [9.17, 15) is 4.79 Å². The number of ether oxygens (including phenoxy) is 2. The van der Waals surface area contributed by atoms with Crippen LogP contribution in [0.5, 0.6) is 0 Å². The third-order valence-corrected chi connectivity index (χ3v) is 2.63. The van der Waals surface area contributed by atoms with Gasteiger partial charge in [-0.2, -0.15) is 0 Å². The molecule has 0 aromatic heterocycles. The molecule has 0 saturated heterocycles. The SMILES string of the molecule is COC(=O)[C@H]1O[C@@H](C)Cc2ccccc21. The Morgan fingerprint density at radius 2 is 2.20 bits per heavy atom. The molecule has 1 aromatic carbocycles. The molecule has 1 aliphatic rings. The zero-order valence-electron chi connectivity index (χ0n) is 8.90. The van der Waals surface area contributed by atoms with E-state index in [2.05, 4.69) is 0 Å². The Bertz CT molecular complexity index is 373. The number of fused-ring (bicyclic) bond motifs is 1. The van der Waals surface area contributed by atoms with E-state index >= 15 is 0 Å². The predicted molar refractivity (Wildman–Crippen MR) is 55.5 cm³/mol. The number of hydrogen-bond donors (Lipinski definition) is 0. The van der Waals surface area contributed by atoms with E-state index in [1.165, 1.54) is 12.7 Å². The van der Waals surface area contributed by atoms with E-state index in [0.29, 0.717) is 0 Å². The van der Waals surface area contributed by atoms with Crippen LogP contribution in [-0.2, 0) is 20.7 Å². The summed E-state index contributed by atoms with van der Waals surface area (Å²) in [4.78, 5) is 11.5. The number of rotatable bonds is 1. The third kappa shape index (κ3) is 1.88. The van der Waals surface area contributed by atoms with Crippen LogP contribution < -0.4 is 0 Å². The summed E-state index contributed by atoms with van der Waals surface area (Å²) in [7, 11) is 1.38. The Labute approximate surface area is 89.0 Å². The molecule has 80 valence electrons. The van der Waals surface area contributed by atoms with Gasteiger partial charge >= 0.3 is 5.97 Å². The number of carbonyl (C=O) groups is 1. The van der Waals surface area contributed by atoms with Crippen molar-refractivity contribution in [1.82, 2.24) is 0 Å². The van der Waals surface area contributed by atoms with E-state index in [1.807, 2.05) is 31.2 Å². The standard InChI is InChI=1S/C12H14O3/c1-8-7-9-5-3-4-6-10(9)11(15-8)12(13)14-2/h3-6,8,11H,7H2,1-2H3/t8-,11-/m0/s1. The molecular formula is C12H14O3. The van der Waals surface area contributed by atoms with Gasteiger partial charge in [0.2, 0.25) is 0 Å². The molecule has 0 radical (unpaired) electrons. The summed E-state index contributed by atoms with van der Waals surface area (Å²) in [6.07, 6.45) is 0.350. The van der Waals surface area contributed by atoms with Gasteiger partial charge < -0.3 is 9.47 Å². The highest BCUT2D eigenvalue weighted by atomic mass is 16.6. The van der Waals surface area contributed by atoms with Crippen molar-refractivity contribution in [3.63, 3.8) is 0 Å². The minimum atomic E-state index is -0.560. The lowest BCUT2D eigenvalue weighted by Gasteiger charge is -2.28.